The number of carbonyl (C=O) groups excluding carboxylic acids is 1. The van der Waals surface area contributed by atoms with E-state index >= 15 is 0 Å². The molecule has 0 bridgehead atoms. The summed E-state index contributed by atoms with van der Waals surface area (Å²) in [4.78, 5) is 19.4. The fourth-order valence-electron chi connectivity index (χ4n) is 1.12. The molecule has 0 aliphatic heterocycles. The van der Waals surface area contributed by atoms with E-state index in [0.29, 0.717) is 0 Å². The van der Waals surface area contributed by atoms with E-state index in [1.54, 1.807) is 11.8 Å². The third-order valence-electron chi connectivity index (χ3n) is 1.84. The normalized spacial score (nSPS) is 12.1. The number of hydrogen-bond acceptors (Lipinski definition) is 5. The minimum Gasteiger partial charge on any atom is -0.382 e. The van der Waals surface area contributed by atoms with Gasteiger partial charge in [-0.15, -0.1) is 0 Å². The van der Waals surface area contributed by atoms with E-state index in [1.165, 1.54) is 12.4 Å². The first-order valence-corrected chi connectivity index (χ1v) is 6.25. The van der Waals surface area contributed by atoms with Crippen LogP contribution in [0.4, 0.5) is 5.82 Å². The number of aromatic nitrogens is 2. The van der Waals surface area contributed by atoms with Gasteiger partial charge in [-0.3, -0.25) is 9.78 Å². The van der Waals surface area contributed by atoms with Crippen molar-refractivity contribution in [3.05, 3.63) is 18.1 Å². The first kappa shape index (κ1) is 12.8. The van der Waals surface area contributed by atoms with Crippen LogP contribution in [0.2, 0.25) is 0 Å². The van der Waals surface area contributed by atoms with Gasteiger partial charge in [0, 0.05) is 11.8 Å². The van der Waals surface area contributed by atoms with Crippen LogP contribution < -0.4 is 11.1 Å². The molecule has 6 heteroatoms. The molecule has 0 spiro atoms. The Balaban J connectivity index is 2.52. The highest BCUT2D eigenvalue weighted by Crippen LogP contribution is 2.03. The highest BCUT2D eigenvalue weighted by molar-refractivity contribution is 7.99. The summed E-state index contributed by atoms with van der Waals surface area (Å²) >= 11 is 1.78. The number of nitrogens with one attached hydrogen (secondary N) is 1. The molecule has 1 rings (SSSR count). The average molecular weight is 240 g/mol. The predicted molar refractivity (Wildman–Crippen MR) is 66.4 cm³/mol. The summed E-state index contributed by atoms with van der Waals surface area (Å²) in [6.45, 7) is 4.04. The van der Waals surface area contributed by atoms with Crippen LogP contribution in [-0.2, 0) is 0 Å². The van der Waals surface area contributed by atoms with Gasteiger partial charge in [0.15, 0.2) is 0 Å². The van der Waals surface area contributed by atoms with Crippen molar-refractivity contribution in [3.63, 3.8) is 0 Å². The fourth-order valence-corrected chi connectivity index (χ4v) is 1.80. The van der Waals surface area contributed by atoms with E-state index in [-0.39, 0.29) is 23.5 Å². The van der Waals surface area contributed by atoms with Crippen molar-refractivity contribution in [2.75, 3.05) is 17.2 Å². The van der Waals surface area contributed by atoms with Crippen molar-refractivity contribution in [3.8, 4) is 0 Å². The molecular weight excluding hydrogens is 224 g/mol. The molecule has 0 fully saturated rings. The Bertz CT molecular complexity index is 358. The molecule has 1 unspecified atom stereocenters. The molecule has 3 N–H and O–H groups in total. The Hall–Kier alpha value is -1.30. The Morgan fingerprint density at radius 3 is 3.00 bits per heavy atom. The molecule has 1 aromatic rings. The number of thioether (sulfide) groups is 1. The fraction of sp³-hybridized carbons (Fsp3) is 0.500. The predicted octanol–water partition coefficient (Wildman–Crippen LogP) is 0.930. The molecule has 0 aliphatic carbocycles. The topological polar surface area (TPSA) is 80.9 Å². The summed E-state index contributed by atoms with van der Waals surface area (Å²) in [6, 6.07) is 0.112. The molecule has 1 aromatic heterocycles. The smallest absolute Gasteiger partial charge is 0.271 e. The summed E-state index contributed by atoms with van der Waals surface area (Å²) in [5, 5.41) is 2.84. The lowest BCUT2D eigenvalue weighted by molar-refractivity contribution is 0.0938. The van der Waals surface area contributed by atoms with Gasteiger partial charge in [-0.05, 0) is 12.7 Å². The number of nitrogens with zero attached hydrogens (tertiary/aromatic N) is 2. The van der Waals surface area contributed by atoms with E-state index in [0.717, 1.165) is 11.5 Å². The highest BCUT2D eigenvalue weighted by atomic mass is 32.2. The number of hydrogen-bond donors (Lipinski definition) is 2. The molecule has 0 aromatic carbocycles. The minimum atomic E-state index is -0.232. The Labute approximate surface area is 99.2 Å². The summed E-state index contributed by atoms with van der Waals surface area (Å²) in [6.07, 6.45) is 2.82. The van der Waals surface area contributed by atoms with E-state index < -0.39 is 0 Å². The molecule has 0 saturated carbocycles. The van der Waals surface area contributed by atoms with Crippen LogP contribution in [0.25, 0.3) is 0 Å². The summed E-state index contributed by atoms with van der Waals surface area (Å²) in [7, 11) is 0. The van der Waals surface area contributed by atoms with Gasteiger partial charge in [0.2, 0.25) is 0 Å². The van der Waals surface area contributed by atoms with E-state index in [1.807, 2.05) is 6.92 Å². The quantitative estimate of drug-likeness (QED) is 0.800. The molecule has 0 radical (unpaired) electrons. The van der Waals surface area contributed by atoms with Crippen molar-refractivity contribution in [1.82, 2.24) is 15.3 Å². The zero-order valence-corrected chi connectivity index (χ0v) is 10.3. The standard InChI is InChI=1S/C10H16N4OS/c1-3-16-6-7(2)13-10(15)8-4-12-5-9(11)14-8/h4-5,7H,3,6H2,1-2H3,(H2,11,14)(H,13,15). The van der Waals surface area contributed by atoms with Gasteiger partial charge in [-0.1, -0.05) is 6.92 Å². The van der Waals surface area contributed by atoms with Gasteiger partial charge in [-0.2, -0.15) is 11.8 Å². The maximum Gasteiger partial charge on any atom is 0.271 e. The first-order valence-electron chi connectivity index (χ1n) is 5.09. The summed E-state index contributed by atoms with van der Waals surface area (Å²) in [5.41, 5.74) is 5.71. The molecule has 1 heterocycles. The van der Waals surface area contributed by atoms with E-state index in [9.17, 15) is 4.79 Å². The molecule has 5 nitrogen and oxygen atoms in total. The number of nitrogens with two attached hydrogens (primary N) is 1. The maximum absolute atomic E-state index is 11.7. The monoisotopic (exact) mass is 240 g/mol. The number of anilines is 1. The second kappa shape index (κ2) is 6.32. The van der Waals surface area contributed by atoms with Crippen LogP contribution in [0.5, 0.6) is 0 Å². The third kappa shape index (κ3) is 4.06. The zero-order chi connectivity index (χ0) is 12.0. The Kier molecular flexibility index (Phi) is 5.04. The van der Waals surface area contributed by atoms with Crippen molar-refractivity contribution in [2.45, 2.75) is 19.9 Å². The molecule has 0 saturated heterocycles. The molecule has 16 heavy (non-hydrogen) atoms. The summed E-state index contributed by atoms with van der Waals surface area (Å²) in [5.74, 6) is 1.95. The number of amides is 1. The largest absolute Gasteiger partial charge is 0.382 e. The second-order valence-corrected chi connectivity index (χ2v) is 4.68. The highest BCUT2D eigenvalue weighted by Gasteiger charge is 2.11. The van der Waals surface area contributed by atoms with Gasteiger partial charge in [-0.25, -0.2) is 4.98 Å². The minimum absolute atomic E-state index is 0.112. The number of carbonyl (C=O) groups is 1. The van der Waals surface area contributed by atoms with Crippen LogP contribution >= 0.6 is 11.8 Å². The van der Waals surface area contributed by atoms with Gasteiger partial charge >= 0.3 is 0 Å². The van der Waals surface area contributed by atoms with Gasteiger partial charge < -0.3 is 11.1 Å². The van der Waals surface area contributed by atoms with E-state index in [2.05, 4.69) is 22.2 Å². The van der Waals surface area contributed by atoms with Crippen LogP contribution in [0.15, 0.2) is 12.4 Å². The van der Waals surface area contributed by atoms with Crippen LogP contribution in [0, 0.1) is 0 Å². The molecule has 0 aliphatic rings. The van der Waals surface area contributed by atoms with Gasteiger partial charge in [0.25, 0.3) is 5.91 Å². The van der Waals surface area contributed by atoms with Crippen molar-refractivity contribution in [1.29, 1.82) is 0 Å². The Morgan fingerprint density at radius 1 is 1.62 bits per heavy atom. The van der Waals surface area contributed by atoms with Crippen molar-refractivity contribution >= 4 is 23.5 Å². The number of nitrogen functional groups attached to an aromatic ring is 1. The Morgan fingerprint density at radius 2 is 2.38 bits per heavy atom. The molecule has 1 amide bonds. The number of rotatable bonds is 5. The van der Waals surface area contributed by atoms with Crippen LogP contribution in [-0.4, -0.2) is 33.4 Å². The summed E-state index contributed by atoms with van der Waals surface area (Å²) < 4.78 is 0. The van der Waals surface area contributed by atoms with Crippen LogP contribution in [0.1, 0.15) is 24.3 Å². The molecule has 1 atom stereocenters. The maximum atomic E-state index is 11.7. The van der Waals surface area contributed by atoms with Gasteiger partial charge in [0.05, 0.1) is 12.4 Å². The molecular formula is C10H16N4OS. The SMILES string of the molecule is CCSCC(C)NC(=O)c1cncc(N)n1. The molecule has 88 valence electrons. The van der Waals surface area contributed by atoms with Crippen molar-refractivity contribution in [2.24, 2.45) is 0 Å². The lowest BCUT2D eigenvalue weighted by Crippen LogP contribution is -2.35. The van der Waals surface area contributed by atoms with Gasteiger partial charge in [0.1, 0.15) is 11.5 Å². The van der Waals surface area contributed by atoms with Crippen LogP contribution in [0.3, 0.4) is 0 Å². The second-order valence-electron chi connectivity index (χ2n) is 3.36. The van der Waals surface area contributed by atoms with E-state index in [4.69, 9.17) is 5.73 Å². The third-order valence-corrected chi connectivity index (χ3v) is 2.98. The lowest BCUT2D eigenvalue weighted by atomic mass is 10.3. The first-order chi connectivity index (χ1) is 7.63. The van der Waals surface area contributed by atoms with Crippen molar-refractivity contribution < 1.29 is 4.79 Å². The average Bonchev–Trinajstić information content (AvgIpc) is 2.26. The zero-order valence-electron chi connectivity index (χ0n) is 9.43. The lowest BCUT2D eigenvalue weighted by Gasteiger charge is -2.12.